The van der Waals surface area contributed by atoms with Gasteiger partial charge in [0.05, 0.1) is 11.0 Å². The molecule has 1 atom stereocenters. The smallest absolute Gasteiger partial charge is 0.227 e. The number of amides is 1. The molecule has 1 aromatic heterocycles. The van der Waals surface area contributed by atoms with Gasteiger partial charge in [0.1, 0.15) is 5.82 Å². The molecule has 3 aromatic rings. The predicted molar refractivity (Wildman–Crippen MR) is 129 cm³/mol. The van der Waals surface area contributed by atoms with Gasteiger partial charge in [0.25, 0.3) is 0 Å². The van der Waals surface area contributed by atoms with Crippen LogP contribution in [0.15, 0.2) is 48.5 Å². The van der Waals surface area contributed by atoms with Crippen LogP contribution in [0.2, 0.25) is 0 Å². The molecule has 0 saturated carbocycles. The first-order chi connectivity index (χ1) is 15.2. The molecule has 1 unspecified atom stereocenters. The van der Waals surface area contributed by atoms with Crippen molar-refractivity contribution in [3.63, 3.8) is 0 Å². The van der Waals surface area contributed by atoms with Gasteiger partial charge in [0.15, 0.2) is 0 Å². The SMILES string of the molecule is CCCCCCCCCn1c(C2CC(=O)N(c3cccc(C)c3)C2)nc2ccccc21. The summed E-state index contributed by atoms with van der Waals surface area (Å²) >= 11 is 0. The molecule has 1 amide bonds. The minimum atomic E-state index is 0.143. The molecule has 164 valence electrons. The van der Waals surface area contributed by atoms with Gasteiger partial charge in [0, 0.05) is 31.1 Å². The number of para-hydroxylation sites is 2. The Bertz CT molecular complexity index is 1020. The zero-order valence-electron chi connectivity index (χ0n) is 19.0. The fourth-order valence-electron chi connectivity index (χ4n) is 4.79. The summed E-state index contributed by atoms with van der Waals surface area (Å²) in [6, 6.07) is 16.6. The number of aryl methyl sites for hydroxylation is 2. The number of carbonyl (C=O) groups is 1. The average Bonchev–Trinajstić information content (AvgIpc) is 3.34. The van der Waals surface area contributed by atoms with E-state index in [-0.39, 0.29) is 11.8 Å². The van der Waals surface area contributed by atoms with Crippen LogP contribution in [0, 0.1) is 6.92 Å². The standard InChI is InChI=1S/C27H35N3O/c1-3-4-5-6-7-8-11-17-29-25-16-10-9-15-24(25)28-27(29)22-19-26(31)30(20-22)23-14-12-13-21(2)18-23/h9-10,12-16,18,22H,3-8,11,17,19-20H2,1-2H3. The number of benzene rings is 2. The van der Waals surface area contributed by atoms with E-state index in [1.807, 2.05) is 17.0 Å². The molecule has 31 heavy (non-hydrogen) atoms. The number of anilines is 1. The van der Waals surface area contributed by atoms with Crippen LogP contribution in [0.3, 0.4) is 0 Å². The lowest BCUT2D eigenvalue weighted by Gasteiger charge is -2.18. The van der Waals surface area contributed by atoms with Crippen molar-refractivity contribution in [3.05, 3.63) is 59.9 Å². The van der Waals surface area contributed by atoms with Crippen LogP contribution in [0.4, 0.5) is 5.69 Å². The topological polar surface area (TPSA) is 38.1 Å². The van der Waals surface area contributed by atoms with Gasteiger partial charge in [-0.3, -0.25) is 4.79 Å². The summed E-state index contributed by atoms with van der Waals surface area (Å²) in [5.41, 5.74) is 4.43. The third-order valence-electron chi connectivity index (χ3n) is 6.47. The summed E-state index contributed by atoms with van der Waals surface area (Å²) in [6.07, 6.45) is 9.62. The van der Waals surface area contributed by atoms with Gasteiger partial charge < -0.3 is 9.47 Å². The van der Waals surface area contributed by atoms with Crippen molar-refractivity contribution in [3.8, 4) is 0 Å². The van der Waals surface area contributed by atoms with Crippen molar-refractivity contribution in [2.75, 3.05) is 11.4 Å². The average molecular weight is 418 g/mol. The van der Waals surface area contributed by atoms with Crippen LogP contribution in [-0.4, -0.2) is 22.0 Å². The number of unbranched alkanes of at least 4 members (excludes halogenated alkanes) is 6. The van der Waals surface area contributed by atoms with Gasteiger partial charge in [-0.25, -0.2) is 4.98 Å². The van der Waals surface area contributed by atoms with Crippen LogP contribution in [0.25, 0.3) is 11.0 Å². The van der Waals surface area contributed by atoms with Gasteiger partial charge >= 0.3 is 0 Å². The molecule has 2 heterocycles. The second-order valence-electron chi connectivity index (χ2n) is 8.98. The molecule has 2 aromatic carbocycles. The van der Waals surface area contributed by atoms with Crippen molar-refractivity contribution >= 4 is 22.6 Å². The van der Waals surface area contributed by atoms with Gasteiger partial charge in [-0.1, -0.05) is 69.7 Å². The Morgan fingerprint density at radius 3 is 2.55 bits per heavy atom. The Balaban J connectivity index is 1.49. The minimum absolute atomic E-state index is 0.143. The second kappa shape index (κ2) is 10.1. The molecule has 0 bridgehead atoms. The largest absolute Gasteiger partial charge is 0.328 e. The number of hydrogen-bond donors (Lipinski definition) is 0. The van der Waals surface area contributed by atoms with Gasteiger partial charge in [-0.05, 0) is 43.2 Å². The van der Waals surface area contributed by atoms with E-state index in [0.717, 1.165) is 23.6 Å². The normalized spacial score (nSPS) is 16.5. The molecule has 0 radical (unpaired) electrons. The van der Waals surface area contributed by atoms with Crippen LogP contribution in [0.5, 0.6) is 0 Å². The zero-order chi connectivity index (χ0) is 21.6. The first-order valence-corrected chi connectivity index (χ1v) is 12.0. The Hall–Kier alpha value is -2.62. The highest BCUT2D eigenvalue weighted by Crippen LogP contribution is 2.33. The summed E-state index contributed by atoms with van der Waals surface area (Å²) in [7, 11) is 0. The quantitative estimate of drug-likeness (QED) is 0.348. The van der Waals surface area contributed by atoms with Crippen LogP contribution in [-0.2, 0) is 11.3 Å². The maximum atomic E-state index is 12.9. The second-order valence-corrected chi connectivity index (χ2v) is 8.98. The molecule has 0 spiro atoms. The van der Waals surface area contributed by atoms with Gasteiger partial charge in [-0.15, -0.1) is 0 Å². The summed E-state index contributed by atoms with van der Waals surface area (Å²) < 4.78 is 2.39. The molecule has 4 nitrogen and oxygen atoms in total. The maximum absolute atomic E-state index is 12.9. The Kier molecular flexibility index (Phi) is 7.06. The molecule has 1 aliphatic heterocycles. The number of imidazole rings is 1. The highest BCUT2D eigenvalue weighted by atomic mass is 16.2. The predicted octanol–water partition coefficient (Wildman–Crippen LogP) is 6.62. The number of fused-ring (bicyclic) bond motifs is 1. The van der Waals surface area contributed by atoms with E-state index in [1.54, 1.807) is 0 Å². The first kappa shape index (κ1) is 21.6. The van der Waals surface area contributed by atoms with E-state index in [2.05, 4.69) is 54.8 Å². The molecular weight excluding hydrogens is 382 g/mol. The van der Waals surface area contributed by atoms with Crippen molar-refractivity contribution in [1.82, 2.24) is 9.55 Å². The van der Waals surface area contributed by atoms with Crippen LogP contribution >= 0.6 is 0 Å². The van der Waals surface area contributed by atoms with E-state index >= 15 is 0 Å². The monoisotopic (exact) mass is 417 g/mol. The number of aromatic nitrogens is 2. The highest BCUT2D eigenvalue weighted by Gasteiger charge is 2.34. The third-order valence-corrected chi connectivity index (χ3v) is 6.47. The third kappa shape index (κ3) is 5.00. The summed E-state index contributed by atoms with van der Waals surface area (Å²) in [6.45, 7) is 6.03. The van der Waals surface area contributed by atoms with E-state index < -0.39 is 0 Å². The number of nitrogens with zero attached hydrogens (tertiary/aromatic N) is 3. The van der Waals surface area contributed by atoms with Gasteiger partial charge in [0.2, 0.25) is 5.91 Å². The summed E-state index contributed by atoms with van der Waals surface area (Å²) in [4.78, 5) is 19.8. The van der Waals surface area contributed by atoms with E-state index in [0.29, 0.717) is 13.0 Å². The molecule has 0 aliphatic carbocycles. The van der Waals surface area contributed by atoms with Crippen LogP contribution in [0.1, 0.15) is 75.6 Å². The van der Waals surface area contributed by atoms with Crippen molar-refractivity contribution in [1.29, 1.82) is 0 Å². The molecule has 4 rings (SSSR count). The molecular formula is C27H35N3O. The van der Waals surface area contributed by atoms with Crippen LogP contribution < -0.4 is 4.90 Å². The number of hydrogen-bond acceptors (Lipinski definition) is 2. The Morgan fingerprint density at radius 1 is 0.968 bits per heavy atom. The lowest BCUT2D eigenvalue weighted by Crippen LogP contribution is -2.24. The van der Waals surface area contributed by atoms with Crippen molar-refractivity contribution < 1.29 is 4.79 Å². The lowest BCUT2D eigenvalue weighted by molar-refractivity contribution is -0.117. The number of rotatable bonds is 10. The molecule has 0 N–H and O–H groups in total. The zero-order valence-corrected chi connectivity index (χ0v) is 19.0. The molecule has 1 aliphatic rings. The highest BCUT2D eigenvalue weighted by molar-refractivity contribution is 5.96. The first-order valence-electron chi connectivity index (χ1n) is 12.0. The van der Waals surface area contributed by atoms with Gasteiger partial charge in [-0.2, -0.15) is 0 Å². The lowest BCUT2D eigenvalue weighted by atomic mass is 10.1. The molecule has 1 fully saturated rings. The van der Waals surface area contributed by atoms with Crippen molar-refractivity contribution in [2.24, 2.45) is 0 Å². The molecule has 4 heteroatoms. The minimum Gasteiger partial charge on any atom is -0.328 e. The maximum Gasteiger partial charge on any atom is 0.227 e. The Labute approximate surface area is 186 Å². The number of carbonyl (C=O) groups excluding carboxylic acids is 1. The van der Waals surface area contributed by atoms with E-state index in [4.69, 9.17) is 4.98 Å². The fourth-order valence-corrected chi connectivity index (χ4v) is 4.79. The molecule has 1 saturated heterocycles. The van der Waals surface area contributed by atoms with E-state index in [1.165, 1.54) is 56.0 Å². The summed E-state index contributed by atoms with van der Waals surface area (Å²) in [5.74, 6) is 1.42. The fraction of sp³-hybridized carbons (Fsp3) is 0.481. The summed E-state index contributed by atoms with van der Waals surface area (Å²) in [5, 5.41) is 0. The van der Waals surface area contributed by atoms with E-state index in [9.17, 15) is 4.79 Å². The van der Waals surface area contributed by atoms with Crippen molar-refractivity contribution in [2.45, 2.75) is 77.7 Å². The Morgan fingerprint density at radius 2 is 1.74 bits per heavy atom.